The number of aromatic nitrogens is 3. The van der Waals surface area contributed by atoms with Gasteiger partial charge in [0.2, 0.25) is 47.3 Å². The molecule has 44 heteroatoms. The molecule has 0 spiro atoms. The van der Waals surface area contributed by atoms with Crippen molar-refractivity contribution in [3.63, 3.8) is 0 Å². The molecule has 11 atom stereocenters. The Morgan fingerprint density at radius 3 is 1.50 bits per heavy atom. The van der Waals surface area contributed by atoms with Gasteiger partial charge in [-0.15, -0.1) is 5.10 Å². The van der Waals surface area contributed by atoms with Gasteiger partial charge < -0.3 is 136 Å². The quantitative estimate of drug-likeness (QED) is 0.0222. The van der Waals surface area contributed by atoms with E-state index in [4.69, 9.17) is 51.7 Å². The minimum absolute atomic E-state index is 0.00256. The lowest BCUT2D eigenvalue weighted by molar-refractivity contribution is -0.270. The van der Waals surface area contributed by atoms with Crippen molar-refractivity contribution in [3.05, 3.63) is 83.4 Å². The SMILES string of the molecule is CCCCCCCCCOP(=O)(O)OCCCCCCNC(=O)CCC(=O)N1Cc2ccccc2-c2nnn(CCOCCOCCOCCOCCC(=O)NCCOc3cc(C(=O)NCCCNCCNC(=O)CCCCOC4OC(CO)C(O)C(O)C4NC(C)=O)cc(C(=O)NCCC(=O)NCCNC(=O)CCCCOC4OC(CO)C(O)C(O)C4NC(C)=O)c3)c2-c2ccccc21. The van der Waals surface area contributed by atoms with Crippen molar-refractivity contribution in [2.45, 2.75) is 236 Å². The van der Waals surface area contributed by atoms with Crippen LogP contribution in [0.3, 0.4) is 0 Å². The number of amides is 10. The Morgan fingerprint density at radius 1 is 0.452 bits per heavy atom. The molecule has 0 bridgehead atoms. The Bertz CT molecular complexity index is 4270. The highest BCUT2D eigenvalue weighted by atomic mass is 31.2. The number of aliphatic hydroxyl groups excluding tert-OH is 6. The van der Waals surface area contributed by atoms with Gasteiger partial charge in [0.1, 0.15) is 66.8 Å². The fraction of sp³-hybridized carbons (Fsp3) is 0.670. The van der Waals surface area contributed by atoms with Gasteiger partial charge in [-0.25, -0.2) is 9.25 Å². The van der Waals surface area contributed by atoms with Gasteiger partial charge in [-0.3, -0.25) is 57.0 Å². The second-order valence-electron chi connectivity index (χ2n) is 32.8. The largest absolute Gasteiger partial charge is 0.492 e. The molecule has 0 radical (unpaired) electrons. The van der Waals surface area contributed by atoms with Gasteiger partial charge >= 0.3 is 7.82 Å². The molecule has 10 amide bonds. The zero-order valence-corrected chi connectivity index (χ0v) is 78.8. The van der Waals surface area contributed by atoms with Crippen molar-refractivity contribution < 1.29 is 140 Å². The summed E-state index contributed by atoms with van der Waals surface area (Å²) in [4.78, 5) is 140. The first-order valence-corrected chi connectivity index (χ1v) is 48.6. The van der Waals surface area contributed by atoms with Gasteiger partial charge in [0.05, 0.1) is 110 Å². The third-order valence-electron chi connectivity index (χ3n) is 22.0. The van der Waals surface area contributed by atoms with E-state index < -0.39 is 112 Å². The number of fused-ring (bicyclic) bond motifs is 5. The summed E-state index contributed by atoms with van der Waals surface area (Å²) in [5.41, 5.74) is 4.59. The van der Waals surface area contributed by atoms with Crippen molar-refractivity contribution in [3.8, 4) is 28.3 Å². The Morgan fingerprint density at radius 2 is 0.926 bits per heavy atom. The molecule has 0 saturated carbocycles. The first kappa shape index (κ1) is 113. The smallest absolute Gasteiger partial charge is 0.472 e. The van der Waals surface area contributed by atoms with Crippen LogP contribution >= 0.6 is 7.82 Å². The van der Waals surface area contributed by atoms with Crippen molar-refractivity contribution in [1.29, 1.82) is 0 Å². The lowest BCUT2D eigenvalue weighted by atomic mass is 9.95. The summed E-state index contributed by atoms with van der Waals surface area (Å²) in [6, 6.07) is 17.4. The fourth-order valence-electron chi connectivity index (χ4n) is 14.8. The Balaban J connectivity index is 0.756. The summed E-state index contributed by atoms with van der Waals surface area (Å²) >= 11 is 0. The van der Waals surface area contributed by atoms with Crippen LogP contribution < -0.4 is 62.8 Å². The summed E-state index contributed by atoms with van der Waals surface area (Å²) in [6.45, 7) is 8.42. The maximum absolute atomic E-state index is 14.2. The second-order valence-corrected chi connectivity index (χ2v) is 34.2. The summed E-state index contributed by atoms with van der Waals surface area (Å²) in [6.07, 6.45) is 2.21. The number of aliphatic hydroxyl groups is 6. The van der Waals surface area contributed by atoms with E-state index in [1.165, 1.54) is 51.3 Å². The number of para-hydroxylation sites is 1. The van der Waals surface area contributed by atoms with E-state index >= 15 is 0 Å². The average molecular weight is 1930 g/mol. The Labute approximate surface area is 788 Å². The van der Waals surface area contributed by atoms with Crippen LogP contribution in [0, 0.1) is 0 Å². The standard InChI is InChI=1S/C91H143N14O29P/c1-4-5-6-7-8-10-19-46-131-135(122,123)132-47-20-11-9-18-35-93-76(112)30-31-79(115)104-60-65-24-12-13-25-69(65)80-83(70-26-14-15-27-71(70)104)105(103-102-80)43-50-125-52-54-127-56-55-126-53-51-124-48-33-78(114)97-42-49-128-68-58-66(88(120)98-36-23-34-92-38-39-94-74(110)28-16-21-44-129-90-81(100-63(2)108)86(118)84(116)72(61-106)133-90)57-67(59-68)89(121)99-37-32-77(113)96-41-40-95-75(111)29-17-22-45-130-91-82(101-64(3)109)87(119)85(117)73(62-107)134-91/h12-15,24-27,57-59,72-73,81-82,84-87,90-92,106-107,116-119H,4-11,16-23,28-56,60-62H2,1-3H3,(H,93,112)(H,94,110)(H,95,111)(H,96,113)(H,97,114)(H,98,120)(H,99,121)(H,100,108)(H,101,109)(H,122,123). The molecule has 4 heterocycles. The van der Waals surface area contributed by atoms with Crippen molar-refractivity contribution >= 4 is 72.6 Å². The minimum atomic E-state index is -4.09. The van der Waals surface area contributed by atoms with Crippen LogP contribution in [0.4, 0.5) is 5.69 Å². The monoisotopic (exact) mass is 1930 g/mol. The number of phosphoric acid groups is 1. The highest BCUT2D eigenvalue weighted by Gasteiger charge is 2.47. The third-order valence-corrected chi connectivity index (χ3v) is 23.0. The highest BCUT2D eigenvalue weighted by molar-refractivity contribution is 7.47. The molecule has 3 aliphatic rings. The number of unbranched alkanes of at least 4 members (excludes halogenated alkanes) is 11. The fourth-order valence-corrected chi connectivity index (χ4v) is 15.6. The molecule has 4 aromatic rings. The van der Waals surface area contributed by atoms with E-state index in [0.717, 1.165) is 48.8 Å². The Hall–Kier alpha value is -9.19. The number of nitrogens with zero attached hydrogens (tertiary/aromatic N) is 4. The molecule has 0 aliphatic carbocycles. The van der Waals surface area contributed by atoms with Gasteiger partial charge in [0.15, 0.2) is 12.6 Å². The molecule has 3 aromatic carbocycles. The molecule has 7 rings (SSSR count). The summed E-state index contributed by atoms with van der Waals surface area (Å²) in [7, 11) is -4.09. The van der Waals surface area contributed by atoms with Gasteiger partial charge in [-0.2, -0.15) is 0 Å². The molecular formula is C91H143N14O29P. The number of phosphoric ester groups is 1. The normalized spacial score (nSPS) is 18.9. The van der Waals surface area contributed by atoms with Crippen molar-refractivity contribution in [2.24, 2.45) is 0 Å². The molecule has 135 heavy (non-hydrogen) atoms. The number of anilines is 1. The topological polar surface area (TPSA) is 585 Å². The Kier molecular flexibility index (Phi) is 54.2. The maximum Gasteiger partial charge on any atom is 0.472 e. The number of hydrogen-bond acceptors (Lipinski definition) is 31. The second kappa shape index (κ2) is 64.8. The van der Waals surface area contributed by atoms with E-state index in [1.54, 1.807) is 9.58 Å². The number of hydrogen-bond donors (Lipinski definition) is 17. The van der Waals surface area contributed by atoms with Crippen LogP contribution in [-0.4, -0.2) is 329 Å². The van der Waals surface area contributed by atoms with Crippen LogP contribution in [0.25, 0.3) is 22.5 Å². The van der Waals surface area contributed by atoms with Crippen LogP contribution in [0.5, 0.6) is 5.75 Å². The lowest BCUT2D eigenvalue weighted by Gasteiger charge is -2.42. The van der Waals surface area contributed by atoms with Gasteiger partial charge in [0, 0.05) is 134 Å². The molecule has 1 aromatic heterocycles. The van der Waals surface area contributed by atoms with E-state index in [2.05, 4.69) is 70.4 Å². The number of carbonyl (C=O) groups is 10. The maximum atomic E-state index is 14.2. The van der Waals surface area contributed by atoms with Crippen molar-refractivity contribution in [1.82, 2.24) is 68.2 Å². The number of carbonyl (C=O) groups excluding carboxylic acids is 10. The minimum Gasteiger partial charge on any atom is -0.492 e. The molecule has 43 nitrogen and oxygen atoms in total. The van der Waals surface area contributed by atoms with Gasteiger partial charge in [0.25, 0.3) is 11.8 Å². The molecule has 11 unspecified atom stereocenters. The molecule has 2 saturated heterocycles. The van der Waals surface area contributed by atoms with Crippen LogP contribution in [-0.2, 0) is 103 Å². The van der Waals surface area contributed by atoms with E-state index in [9.17, 15) is 88.0 Å². The zero-order chi connectivity index (χ0) is 97.4. The zero-order valence-electron chi connectivity index (χ0n) is 77.9. The summed E-state index contributed by atoms with van der Waals surface area (Å²) < 4.78 is 75.8. The van der Waals surface area contributed by atoms with E-state index in [-0.39, 0.29) is 210 Å². The summed E-state index contributed by atoms with van der Waals surface area (Å²) in [5, 5.41) is 97.4. The van der Waals surface area contributed by atoms with Crippen LogP contribution in [0.15, 0.2) is 66.7 Å². The molecule has 756 valence electrons. The van der Waals surface area contributed by atoms with Crippen molar-refractivity contribution in [2.75, 3.05) is 163 Å². The molecule has 3 aliphatic heterocycles. The first-order valence-electron chi connectivity index (χ1n) is 47.1. The van der Waals surface area contributed by atoms with Gasteiger partial charge in [-0.1, -0.05) is 106 Å². The van der Waals surface area contributed by atoms with Gasteiger partial charge in [-0.05, 0) is 87.7 Å². The molecule has 2 fully saturated rings. The lowest BCUT2D eigenvalue weighted by Crippen LogP contribution is -2.64. The summed E-state index contributed by atoms with van der Waals surface area (Å²) in [5.74, 6) is -3.69. The number of rotatable bonds is 70. The van der Waals surface area contributed by atoms with E-state index in [0.29, 0.717) is 101 Å². The van der Waals surface area contributed by atoms with E-state index in [1.807, 2.05) is 48.5 Å². The predicted molar refractivity (Wildman–Crippen MR) is 491 cm³/mol. The molecule has 17 N–H and O–H groups in total. The molecular weight excluding hydrogens is 1780 g/mol. The average Bonchev–Trinajstić information content (AvgIpc) is 1.58. The number of benzene rings is 3. The first-order chi connectivity index (χ1) is 65.3. The number of nitrogens with one attached hydrogen (secondary N) is 10. The third kappa shape index (κ3) is 42.8. The van der Waals surface area contributed by atoms with Crippen LogP contribution in [0.2, 0.25) is 0 Å². The van der Waals surface area contributed by atoms with Crippen LogP contribution in [0.1, 0.15) is 188 Å². The number of ether oxygens (including phenoxy) is 9. The predicted octanol–water partition coefficient (Wildman–Crippen LogP) is 1.89. The highest BCUT2D eigenvalue weighted by Crippen LogP contribution is 2.44.